The molecule has 0 saturated carbocycles. The number of aliphatic hydroxyl groups excluding tert-OH is 1. The molecule has 0 aromatic heterocycles. The zero-order valence-corrected chi connectivity index (χ0v) is 12.3. The number of aliphatic hydroxyl groups is 1. The van der Waals surface area contributed by atoms with E-state index in [1.807, 2.05) is 32.0 Å². The molecule has 0 unspecified atom stereocenters. The highest BCUT2D eigenvalue weighted by Gasteiger charge is 2.39. The van der Waals surface area contributed by atoms with Gasteiger partial charge < -0.3 is 19.6 Å². The summed E-state index contributed by atoms with van der Waals surface area (Å²) in [4.78, 5) is 17.8. The van der Waals surface area contributed by atoms with E-state index in [-0.39, 0.29) is 12.7 Å². The van der Waals surface area contributed by atoms with Gasteiger partial charge in [0.05, 0.1) is 12.7 Å². The van der Waals surface area contributed by atoms with Crippen molar-refractivity contribution in [1.82, 2.24) is 0 Å². The summed E-state index contributed by atoms with van der Waals surface area (Å²) in [7, 11) is -4.59. The maximum atomic E-state index is 10.9. The van der Waals surface area contributed by atoms with Crippen LogP contribution in [0.5, 0.6) is 0 Å². The molecule has 3 N–H and O–H groups in total. The Bertz CT molecular complexity index is 526. The van der Waals surface area contributed by atoms with Crippen molar-refractivity contribution in [3.63, 3.8) is 0 Å². The summed E-state index contributed by atoms with van der Waals surface area (Å²) in [5, 5.41) is 9.24. The zero-order valence-electron chi connectivity index (χ0n) is 11.4. The van der Waals surface area contributed by atoms with Gasteiger partial charge in [-0.3, -0.25) is 4.52 Å². The van der Waals surface area contributed by atoms with E-state index in [9.17, 15) is 9.67 Å². The average Bonchev–Trinajstić information content (AvgIpc) is 2.73. The molecular weight excluding hydrogens is 283 g/mol. The fraction of sp³-hybridized carbons (Fsp3) is 0.538. The third kappa shape index (κ3) is 3.67. The Morgan fingerprint density at radius 2 is 2.05 bits per heavy atom. The Morgan fingerprint density at radius 3 is 2.60 bits per heavy atom. The zero-order chi connectivity index (χ0) is 14.9. The van der Waals surface area contributed by atoms with Gasteiger partial charge in [0, 0.05) is 6.42 Å². The molecule has 1 aliphatic heterocycles. The highest BCUT2D eigenvalue weighted by Crippen LogP contribution is 2.44. The Hall–Kier alpha value is -0.750. The molecule has 1 saturated heterocycles. The predicted octanol–water partition coefficient (Wildman–Crippen LogP) is 1.60. The summed E-state index contributed by atoms with van der Waals surface area (Å²) >= 11 is 0. The van der Waals surface area contributed by atoms with Gasteiger partial charge in [-0.2, -0.15) is 0 Å². The smallest absolute Gasteiger partial charge is 0.394 e. The lowest BCUT2D eigenvalue weighted by molar-refractivity contribution is -0.0221. The highest BCUT2D eigenvalue weighted by atomic mass is 31.2. The van der Waals surface area contributed by atoms with Crippen LogP contribution in [0, 0.1) is 13.8 Å². The molecule has 3 atom stereocenters. The summed E-state index contributed by atoms with van der Waals surface area (Å²) in [5.74, 6) is 0. The summed E-state index contributed by atoms with van der Waals surface area (Å²) in [6.07, 6.45) is -1.57. The van der Waals surface area contributed by atoms with Crippen LogP contribution in [0.15, 0.2) is 18.2 Å². The van der Waals surface area contributed by atoms with Crippen LogP contribution < -0.4 is 0 Å². The molecule has 0 bridgehead atoms. The van der Waals surface area contributed by atoms with Gasteiger partial charge >= 0.3 is 7.82 Å². The van der Waals surface area contributed by atoms with E-state index in [2.05, 4.69) is 4.52 Å². The first-order valence-corrected chi connectivity index (χ1v) is 7.90. The van der Waals surface area contributed by atoms with E-state index in [1.165, 1.54) is 0 Å². The Morgan fingerprint density at radius 1 is 1.35 bits per heavy atom. The average molecular weight is 302 g/mol. The van der Waals surface area contributed by atoms with Crippen molar-refractivity contribution in [2.45, 2.75) is 38.6 Å². The first kappa shape index (κ1) is 15.6. The van der Waals surface area contributed by atoms with Crippen LogP contribution in [0.2, 0.25) is 0 Å². The molecule has 1 aromatic carbocycles. The van der Waals surface area contributed by atoms with Gasteiger partial charge in [-0.25, -0.2) is 4.57 Å². The second kappa shape index (κ2) is 5.93. The van der Waals surface area contributed by atoms with Crippen LogP contribution in [-0.4, -0.2) is 33.7 Å². The SMILES string of the molecule is Cc1ccc([C@H]2C[C@H](OP(=O)(O)O)[C@@H](CO)O2)cc1C. The standard InChI is InChI=1S/C13H19O6P/c1-8-3-4-10(5-9(8)2)11-6-12(13(7-14)18-11)19-20(15,16)17/h3-5,11-14H,6-7H2,1-2H3,(H2,15,16,17)/t11-,12+,13-/m1/s1. The van der Waals surface area contributed by atoms with Crippen molar-refractivity contribution in [3.05, 3.63) is 34.9 Å². The molecule has 0 aliphatic carbocycles. The third-order valence-electron chi connectivity index (χ3n) is 3.56. The van der Waals surface area contributed by atoms with E-state index in [4.69, 9.17) is 14.5 Å². The monoisotopic (exact) mass is 302 g/mol. The number of phosphoric acid groups is 1. The molecule has 1 heterocycles. The number of benzene rings is 1. The fourth-order valence-electron chi connectivity index (χ4n) is 2.34. The predicted molar refractivity (Wildman–Crippen MR) is 72.1 cm³/mol. The minimum atomic E-state index is -4.59. The minimum Gasteiger partial charge on any atom is -0.394 e. The number of rotatable bonds is 4. The van der Waals surface area contributed by atoms with Crippen molar-refractivity contribution < 1.29 is 28.7 Å². The Labute approximate surface area is 117 Å². The van der Waals surface area contributed by atoms with Crippen LogP contribution in [0.3, 0.4) is 0 Å². The van der Waals surface area contributed by atoms with Crippen molar-refractivity contribution in [1.29, 1.82) is 0 Å². The Kier molecular flexibility index (Phi) is 4.64. The maximum absolute atomic E-state index is 10.9. The lowest BCUT2D eigenvalue weighted by atomic mass is 10.0. The van der Waals surface area contributed by atoms with Gasteiger partial charge in [-0.05, 0) is 30.5 Å². The molecule has 1 aromatic rings. The van der Waals surface area contributed by atoms with E-state index in [0.717, 1.165) is 16.7 Å². The molecular formula is C13H19O6P. The quantitative estimate of drug-likeness (QED) is 0.731. The molecule has 1 fully saturated rings. The summed E-state index contributed by atoms with van der Waals surface area (Å²) in [6, 6.07) is 5.87. The van der Waals surface area contributed by atoms with Crippen molar-refractivity contribution in [3.8, 4) is 0 Å². The second-order valence-corrected chi connectivity index (χ2v) is 6.25. The van der Waals surface area contributed by atoms with E-state index in [1.54, 1.807) is 0 Å². The number of hydrogen-bond acceptors (Lipinski definition) is 4. The Balaban J connectivity index is 2.15. The minimum absolute atomic E-state index is 0.304. The maximum Gasteiger partial charge on any atom is 0.469 e. The van der Waals surface area contributed by atoms with Crippen LogP contribution in [0.25, 0.3) is 0 Å². The summed E-state index contributed by atoms with van der Waals surface area (Å²) in [6.45, 7) is 3.65. The third-order valence-corrected chi connectivity index (χ3v) is 4.10. The number of ether oxygens (including phenoxy) is 1. The van der Waals surface area contributed by atoms with Crippen LogP contribution in [-0.2, 0) is 13.8 Å². The summed E-state index contributed by atoms with van der Waals surface area (Å²) in [5.41, 5.74) is 3.20. The molecule has 7 heteroatoms. The van der Waals surface area contributed by atoms with E-state index < -0.39 is 20.0 Å². The first-order chi connectivity index (χ1) is 9.30. The van der Waals surface area contributed by atoms with Gasteiger partial charge in [0.15, 0.2) is 0 Å². The van der Waals surface area contributed by atoms with Crippen molar-refractivity contribution in [2.24, 2.45) is 0 Å². The van der Waals surface area contributed by atoms with Gasteiger partial charge in [-0.15, -0.1) is 0 Å². The molecule has 20 heavy (non-hydrogen) atoms. The molecule has 0 amide bonds. The molecule has 2 rings (SSSR count). The van der Waals surface area contributed by atoms with Gasteiger partial charge in [0.1, 0.15) is 12.2 Å². The van der Waals surface area contributed by atoms with Crippen molar-refractivity contribution in [2.75, 3.05) is 6.61 Å². The van der Waals surface area contributed by atoms with Crippen LogP contribution in [0.1, 0.15) is 29.2 Å². The van der Waals surface area contributed by atoms with E-state index >= 15 is 0 Å². The molecule has 0 spiro atoms. The normalized spacial score (nSPS) is 26.9. The van der Waals surface area contributed by atoms with Crippen LogP contribution >= 0.6 is 7.82 Å². The highest BCUT2D eigenvalue weighted by molar-refractivity contribution is 7.46. The van der Waals surface area contributed by atoms with Gasteiger partial charge in [0.2, 0.25) is 0 Å². The summed E-state index contributed by atoms with van der Waals surface area (Å²) < 4.78 is 21.2. The number of aryl methyl sites for hydroxylation is 2. The fourth-order valence-corrected chi connectivity index (χ4v) is 2.92. The van der Waals surface area contributed by atoms with E-state index in [0.29, 0.717) is 6.42 Å². The van der Waals surface area contributed by atoms with Crippen molar-refractivity contribution >= 4 is 7.82 Å². The van der Waals surface area contributed by atoms with Crippen LogP contribution in [0.4, 0.5) is 0 Å². The second-order valence-electron chi connectivity index (χ2n) is 5.06. The number of phosphoric ester groups is 1. The van der Waals surface area contributed by atoms with Gasteiger partial charge in [0.25, 0.3) is 0 Å². The topological polar surface area (TPSA) is 96.2 Å². The lowest BCUT2D eigenvalue weighted by Gasteiger charge is -2.16. The molecule has 0 radical (unpaired) electrons. The molecule has 6 nitrogen and oxygen atoms in total. The molecule has 1 aliphatic rings. The lowest BCUT2D eigenvalue weighted by Crippen LogP contribution is -2.26. The number of hydrogen-bond donors (Lipinski definition) is 3. The largest absolute Gasteiger partial charge is 0.469 e. The van der Waals surface area contributed by atoms with Gasteiger partial charge in [-0.1, -0.05) is 18.2 Å². The first-order valence-electron chi connectivity index (χ1n) is 6.37. The molecule has 112 valence electrons.